The highest BCUT2D eigenvalue weighted by molar-refractivity contribution is 5.94. The summed E-state index contributed by atoms with van der Waals surface area (Å²) in [5, 5.41) is 11.3. The first-order valence-corrected chi connectivity index (χ1v) is 6.73. The minimum atomic E-state index is -0.867. The number of hydrogen-bond donors (Lipinski definition) is 1. The van der Waals surface area contributed by atoms with Gasteiger partial charge in [-0.3, -0.25) is 4.98 Å². The van der Waals surface area contributed by atoms with E-state index in [1.165, 1.54) is 0 Å². The van der Waals surface area contributed by atoms with Crippen LogP contribution in [-0.2, 0) is 5.60 Å². The smallest absolute Gasteiger partial charge is 0.0840 e. The molecule has 0 fully saturated rings. The first-order valence-electron chi connectivity index (χ1n) is 6.73. The molecule has 1 heterocycles. The van der Waals surface area contributed by atoms with Crippen LogP contribution in [0, 0.1) is 0 Å². The summed E-state index contributed by atoms with van der Waals surface area (Å²) in [6.07, 6.45) is 1.80. The Morgan fingerprint density at radius 3 is 2.40 bits per heavy atom. The Hall–Kier alpha value is -2.19. The van der Waals surface area contributed by atoms with E-state index in [9.17, 15) is 5.11 Å². The van der Waals surface area contributed by atoms with Gasteiger partial charge in [-0.15, -0.1) is 0 Å². The van der Waals surface area contributed by atoms with E-state index in [1.807, 2.05) is 42.5 Å². The Labute approximate surface area is 118 Å². The lowest BCUT2D eigenvalue weighted by atomic mass is 9.91. The normalized spacial score (nSPS) is 11.8. The monoisotopic (exact) mass is 263 g/mol. The maximum Gasteiger partial charge on any atom is 0.0840 e. The number of pyridine rings is 1. The molecule has 1 N–H and O–H groups in total. The maximum atomic E-state index is 10.3. The van der Waals surface area contributed by atoms with Crippen molar-refractivity contribution in [2.75, 3.05) is 0 Å². The zero-order valence-corrected chi connectivity index (χ0v) is 11.7. The molecule has 0 saturated heterocycles. The van der Waals surface area contributed by atoms with Crippen molar-refractivity contribution >= 4 is 10.9 Å². The molecule has 3 aromatic rings. The van der Waals surface area contributed by atoms with E-state index in [0.29, 0.717) is 0 Å². The molecule has 0 unspecified atom stereocenters. The molecule has 1 aromatic heterocycles. The first-order chi connectivity index (χ1) is 9.55. The molecule has 20 heavy (non-hydrogen) atoms. The molecule has 0 aliphatic rings. The lowest BCUT2D eigenvalue weighted by molar-refractivity contribution is 0.0788. The zero-order chi connectivity index (χ0) is 14.2. The van der Waals surface area contributed by atoms with E-state index in [2.05, 4.69) is 17.1 Å². The van der Waals surface area contributed by atoms with Gasteiger partial charge in [0.25, 0.3) is 0 Å². The van der Waals surface area contributed by atoms with Crippen LogP contribution in [0.1, 0.15) is 19.4 Å². The Morgan fingerprint density at radius 2 is 1.70 bits per heavy atom. The highest BCUT2D eigenvalue weighted by Crippen LogP contribution is 2.32. The standard InChI is InChI=1S/C18H17NO/c1-18(2,20)15-11-14-9-6-10-19-17(14)16(12-15)13-7-4-3-5-8-13/h3-12,20H,1-2H3. The van der Waals surface area contributed by atoms with E-state index in [-0.39, 0.29) is 0 Å². The molecule has 2 heteroatoms. The van der Waals surface area contributed by atoms with E-state index >= 15 is 0 Å². The first kappa shape index (κ1) is 12.8. The van der Waals surface area contributed by atoms with Gasteiger partial charge in [0.05, 0.1) is 11.1 Å². The van der Waals surface area contributed by atoms with E-state index in [1.54, 1.807) is 20.0 Å². The van der Waals surface area contributed by atoms with Gasteiger partial charge < -0.3 is 5.11 Å². The Kier molecular flexibility index (Phi) is 3.03. The highest BCUT2D eigenvalue weighted by atomic mass is 16.3. The van der Waals surface area contributed by atoms with Gasteiger partial charge in [-0.25, -0.2) is 0 Å². The molecule has 0 bridgehead atoms. The summed E-state index contributed by atoms with van der Waals surface area (Å²) in [5.74, 6) is 0. The quantitative estimate of drug-likeness (QED) is 0.754. The predicted octanol–water partition coefficient (Wildman–Crippen LogP) is 4.13. The number of rotatable bonds is 2. The van der Waals surface area contributed by atoms with Crippen LogP contribution in [0.4, 0.5) is 0 Å². The van der Waals surface area contributed by atoms with Gasteiger partial charge in [-0.2, -0.15) is 0 Å². The number of aliphatic hydroxyl groups is 1. The van der Waals surface area contributed by atoms with Crippen molar-refractivity contribution in [3.63, 3.8) is 0 Å². The Bertz CT molecular complexity index is 742. The van der Waals surface area contributed by atoms with Gasteiger partial charge in [-0.1, -0.05) is 36.4 Å². The Balaban J connectivity index is 2.34. The average molecular weight is 263 g/mol. The van der Waals surface area contributed by atoms with Gasteiger partial charge >= 0.3 is 0 Å². The molecule has 3 rings (SSSR count). The van der Waals surface area contributed by atoms with E-state index in [0.717, 1.165) is 27.6 Å². The van der Waals surface area contributed by atoms with Crippen LogP contribution in [0.3, 0.4) is 0 Å². The van der Waals surface area contributed by atoms with Crippen LogP contribution in [-0.4, -0.2) is 10.1 Å². The number of aromatic nitrogens is 1. The van der Waals surface area contributed by atoms with Crippen LogP contribution in [0.15, 0.2) is 60.8 Å². The summed E-state index contributed by atoms with van der Waals surface area (Å²) in [7, 11) is 0. The molecule has 0 saturated carbocycles. The van der Waals surface area contributed by atoms with Crippen LogP contribution < -0.4 is 0 Å². The summed E-state index contributed by atoms with van der Waals surface area (Å²) in [6.45, 7) is 3.61. The van der Waals surface area contributed by atoms with Crippen molar-refractivity contribution < 1.29 is 5.11 Å². The number of nitrogens with zero attached hydrogens (tertiary/aromatic N) is 1. The lowest BCUT2D eigenvalue weighted by Crippen LogP contribution is -2.15. The SMILES string of the molecule is CC(C)(O)c1cc(-c2ccccc2)c2ncccc2c1. The average Bonchev–Trinajstić information content (AvgIpc) is 2.46. The summed E-state index contributed by atoms with van der Waals surface area (Å²) in [6, 6.07) is 18.2. The van der Waals surface area contributed by atoms with E-state index in [4.69, 9.17) is 0 Å². The van der Waals surface area contributed by atoms with Crippen LogP contribution in [0.25, 0.3) is 22.0 Å². The summed E-state index contributed by atoms with van der Waals surface area (Å²) in [5.41, 5.74) is 3.17. The number of fused-ring (bicyclic) bond motifs is 1. The van der Waals surface area contributed by atoms with Crippen molar-refractivity contribution in [1.82, 2.24) is 4.98 Å². The van der Waals surface area contributed by atoms with Crippen molar-refractivity contribution in [1.29, 1.82) is 0 Å². The molecular weight excluding hydrogens is 246 g/mol. The van der Waals surface area contributed by atoms with Crippen molar-refractivity contribution in [2.24, 2.45) is 0 Å². The van der Waals surface area contributed by atoms with Crippen LogP contribution >= 0.6 is 0 Å². The van der Waals surface area contributed by atoms with Crippen LogP contribution in [0.5, 0.6) is 0 Å². The van der Waals surface area contributed by atoms with Crippen molar-refractivity contribution in [2.45, 2.75) is 19.4 Å². The topological polar surface area (TPSA) is 33.1 Å². The van der Waals surface area contributed by atoms with Crippen molar-refractivity contribution in [3.05, 3.63) is 66.4 Å². The highest BCUT2D eigenvalue weighted by Gasteiger charge is 2.18. The second kappa shape index (κ2) is 4.73. The van der Waals surface area contributed by atoms with Gasteiger partial charge in [0, 0.05) is 17.1 Å². The lowest BCUT2D eigenvalue weighted by Gasteiger charge is -2.20. The van der Waals surface area contributed by atoms with Gasteiger partial charge in [0.2, 0.25) is 0 Å². The molecule has 2 nitrogen and oxygen atoms in total. The summed E-state index contributed by atoms with van der Waals surface area (Å²) < 4.78 is 0. The Morgan fingerprint density at radius 1 is 0.950 bits per heavy atom. The summed E-state index contributed by atoms with van der Waals surface area (Å²) >= 11 is 0. The zero-order valence-electron chi connectivity index (χ0n) is 11.7. The predicted molar refractivity (Wildman–Crippen MR) is 82.4 cm³/mol. The minimum Gasteiger partial charge on any atom is -0.386 e. The molecular formula is C18H17NO. The number of hydrogen-bond acceptors (Lipinski definition) is 2. The maximum absolute atomic E-state index is 10.3. The number of benzene rings is 2. The van der Waals surface area contributed by atoms with E-state index < -0.39 is 5.60 Å². The minimum absolute atomic E-state index is 0.867. The molecule has 0 radical (unpaired) electrons. The van der Waals surface area contributed by atoms with Gasteiger partial charge in [-0.05, 0) is 43.2 Å². The fourth-order valence-electron chi connectivity index (χ4n) is 2.38. The molecule has 0 aliphatic heterocycles. The third-order valence-corrected chi connectivity index (χ3v) is 3.50. The fraction of sp³-hybridized carbons (Fsp3) is 0.167. The third kappa shape index (κ3) is 2.30. The molecule has 100 valence electrons. The summed E-state index contributed by atoms with van der Waals surface area (Å²) in [4.78, 5) is 4.50. The molecule has 2 aromatic carbocycles. The fourth-order valence-corrected chi connectivity index (χ4v) is 2.38. The van der Waals surface area contributed by atoms with Crippen LogP contribution in [0.2, 0.25) is 0 Å². The van der Waals surface area contributed by atoms with Gasteiger partial charge in [0.1, 0.15) is 0 Å². The molecule has 0 amide bonds. The molecule has 0 spiro atoms. The second-order valence-corrected chi connectivity index (χ2v) is 5.52. The molecule has 0 aliphatic carbocycles. The molecule has 0 atom stereocenters. The van der Waals surface area contributed by atoms with Gasteiger partial charge in [0.15, 0.2) is 0 Å². The second-order valence-electron chi connectivity index (χ2n) is 5.52. The third-order valence-electron chi connectivity index (χ3n) is 3.50. The largest absolute Gasteiger partial charge is 0.386 e. The van der Waals surface area contributed by atoms with Crippen molar-refractivity contribution in [3.8, 4) is 11.1 Å².